The van der Waals surface area contributed by atoms with E-state index in [1.165, 1.54) is 5.69 Å². The molecule has 3 rings (SSSR count). The van der Waals surface area contributed by atoms with E-state index in [9.17, 15) is 0 Å². The van der Waals surface area contributed by atoms with Gasteiger partial charge in [0, 0.05) is 25.4 Å². The Kier molecular flexibility index (Phi) is 3.41. The molecule has 0 saturated carbocycles. The van der Waals surface area contributed by atoms with Gasteiger partial charge < -0.3 is 9.73 Å². The van der Waals surface area contributed by atoms with Crippen LogP contribution < -0.4 is 5.32 Å². The second-order valence-corrected chi connectivity index (χ2v) is 4.81. The molecule has 1 N–H and O–H groups in total. The van der Waals surface area contributed by atoms with Crippen molar-refractivity contribution in [2.24, 2.45) is 0 Å². The van der Waals surface area contributed by atoms with Crippen LogP contribution in [0.15, 0.2) is 34.9 Å². The molecule has 0 amide bonds. The highest BCUT2D eigenvalue weighted by Gasteiger charge is 2.05. The Morgan fingerprint density at radius 2 is 2.20 bits per heavy atom. The van der Waals surface area contributed by atoms with Crippen LogP contribution in [0.2, 0.25) is 0 Å². The molecule has 1 aromatic carbocycles. The van der Waals surface area contributed by atoms with E-state index in [4.69, 9.17) is 4.42 Å². The lowest BCUT2D eigenvalue weighted by Crippen LogP contribution is -2.08. The number of anilines is 1. The fourth-order valence-electron chi connectivity index (χ4n) is 2.27. The second kappa shape index (κ2) is 5.36. The number of nitrogens with one attached hydrogen (secondary N) is 1. The number of nitrogens with zero attached hydrogens (tertiary/aromatic N) is 3. The van der Waals surface area contributed by atoms with Gasteiger partial charge in [-0.15, -0.1) is 0 Å². The van der Waals surface area contributed by atoms with Gasteiger partial charge in [-0.3, -0.25) is 4.68 Å². The summed E-state index contributed by atoms with van der Waals surface area (Å²) < 4.78 is 7.50. The summed E-state index contributed by atoms with van der Waals surface area (Å²) in [6.07, 6.45) is 2.93. The Labute approximate surface area is 117 Å². The van der Waals surface area contributed by atoms with Gasteiger partial charge in [-0.25, -0.2) is 4.98 Å². The number of hydrogen-bond acceptors (Lipinski definition) is 4. The van der Waals surface area contributed by atoms with Gasteiger partial charge >= 0.3 is 0 Å². The van der Waals surface area contributed by atoms with Crippen LogP contribution >= 0.6 is 0 Å². The summed E-state index contributed by atoms with van der Waals surface area (Å²) in [5.41, 5.74) is 3.93. The summed E-state index contributed by atoms with van der Waals surface area (Å²) in [4.78, 5) is 4.34. The number of rotatable bonds is 5. The third-order valence-electron chi connectivity index (χ3n) is 3.21. The average molecular weight is 270 g/mol. The Morgan fingerprint density at radius 1 is 1.30 bits per heavy atom. The van der Waals surface area contributed by atoms with E-state index in [0.717, 1.165) is 36.3 Å². The molecule has 3 aromatic rings. The second-order valence-electron chi connectivity index (χ2n) is 4.81. The predicted octanol–water partition coefficient (Wildman–Crippen LogP) is 3.35. The van der Waals surface area contributed by atoms with Crippen LogP contribution in [-0.4, -0.2) is 14.8 Å². The monoisotopic (exact) mass is 270 g/mol. The summed E-state index contributed by atoms with van der Waals surface area (Å²) in [5.74, 6) is 0.693. The predicted molar refractivity (Wildman–Crippen MR) is 78.6 cm³/mol. The van der Waals surface area contributed by atoms with Gasteiger partial charge in [-0.1, -0.05) is 6.92 Å². The molecule has 5 heteroatoms. The molecule has 0 aliphatic heterocycles. The summed E-state index contributed by atoms with van der Waals surface area (Å²) in [5, 5.41) is 7.73. The number of benzene rings is 1. The maximum atomic E-state index is 5.47. The van der Waals surface area contributed by atoms with Gasteiger partial charge in [0.15, 0.2) is 11.5 Å². The first-order valence-electron chi connectivity index (χ1n) is 6.88. The van der Waals surface area contributed by atoms with Crippen LogP contribution in [0.4, 0.5) is 5.69 Å². The van der Waals surface area contributed by atoms with Crippen LogP contribution in [0.5, 0.6) is 0 Å². The van der Waals surface area contributed by atoms with E-state index in [1.807, 2.05) is 42.1 Å². The number of aromatic nitrogens is 3. The van der Waals surface area contributed by atoms with Crippen LogP contribution in [0.25, 0.3) is 11.1 Å². The van der Waals surface area contributed by atoms with Gasteiger partial charge in [0.2, 0.25) is 0 Å². The van der Waals surface area contributed by atoms with E-state index in [2.05, 4.69) is 22.3 Å². The van der Waals surface area contributed by atoms with E-state index in [-0.39, 0.29) is 0 Å². The lowest BCUT2D eigenvalue weighted by atomic mass is 10.3. The van der Waals surface area contributed by atoms with Crippen LogP contribution in [-0.2, 0) is 13.1 Å². The minimum atomic E-state index is 0.693. The zero-order chi connectivity index (χ0) is 13.9. The van der Waals surface area contributed by atoms with Gasteiger partial charge in [-0.05, 0) is 30.7 Å². The first-order chi connectivity index (χ1) is 9.76. The van der Waals surface area contributed by atoms with Crippen LogP contribution in [0.1, 0.15) is 24.9 Å². The normalized spacial score (nSPS) is 11.1. The fraction of sp³-hybridized carbons (Fsp3) is 0.333. The lowest BCUT2D eigenvalue weighted by molar-refractivity contribution is 0.561. The molecule has 20 heavy (non-hydrogen) atoms. The molecular formula is C15H18N4O. The van der Waals surface area contributed by atoms with Gasteiger partial charge in [-0.2, -0.15) is 5.10 Å². The highest BCUT2D eigenvalue weighted by Crippen LogP contribution is 2.20. The topological polar surface area (TPSA) is 55.9 Å². The standard InChI is InChI=1S/C15H18N4O/c1-3-8-19-13(6-7-17-19)10-16-12-4-5-15-14(9-12)18-11(2)20-15/h4-7,9,16H,3,8,10H2,1-2H3. The van der Waals surface area contributed by atoms with E-state index in [0.29, 0.717) is 5.89 Å². The minimum Gasteiger partial charge on any atom is -0.441 e. The van der Waals surface area contributed by atoms with E-state index in [1.54, 1.807) is 0 Å². The van der Waals surface area contributed by atoms with Gasteiger partial charge in [0.1, 0.15) is 5.52 Å². The Bertz CT molecular complexity index is 714. The van der Waals surface area contributed by atoms with Crippen molar-refractivity contribution >= 4 is 16.8 Å². The minimum absolute atomic E-state index is 0.693. The third kappa shape index (κ3) is 2.52. The van der Waals surface area contributed by atoms with Crippen molar-refractivity contribution in [3.63, 3.8) is 0 Å². The first kappa shape index (κ1) is 12.7. The Morgan fingerprint density at radius 3 is 3.05 bits per heavy atom. The lowest BCUT2D eigenvalue weighted by Gasteiger charge is -2.08. The maximum absolute atomic E-state index is 5.47. The zero-order valence-electron chi connectivity index (χ0n) is 11.8. The molecule has 2 heterocycles. The van der Waals surface area contributed by atoms with Crippen molar-refractivity contribution in [3.8, 4) is 0 Å². The van der Waals surface area contributed by atoms with Crippen molar-refractivity contribution < 1.29 is 4.42 Å². The zero-order valence-corrected chi connectivity index (χ0v) is 11.8. The van der Waals surface area contributed by atoms with Crippen molar-refractivity contribution in [1.29, 1.82) is 0 Å². The molecule has 0 saturated heterocycles. The number of aryl methyl sites for hydroxylation is 2. The van der Waals surface area contributed by atoms with Crippen molar-refractivity contribution in [2.45, 2.75) is 33.4 Å². The molecule has 2 aromatic heterocycles. The summed E-state index contributed by atoms with van der Waals surface area (Å²) >= 11 is 0. The molecule has 5 nitrogen and oxygen atoms in total. The highest BCUT2D eigenvalue weighted by molar-refractivity contribution is 5.77. The molecular weight excluding hydrogens is 252 g/mol. The molecule has 0 atom stereocenters. The maximum Gasteiger partial charge on any atom is 0.192 e. The molecule has 0 spiro atoms. The van der Waals surface area contributed by atoms with E-state index >= 15 is 0 Å². The molecule has 0 unspecified atom stereocenters. The average Bonchev–Trinajstić information content (AvgIpc) is 3.01. The number of fused-ring (bicyclic) bond motifs is 1. The Hall–Kier alpha value is -2.30. The summed E-state index contributed by atoms with van der Waals surface area (Å²) in [6, 6.07) is 8.00. The quantitative estimate of drug-likeness (QED) is 0.772. The molecule has 0 aliphatic carbocycles. The largest absolute Gasteiger partial charge is 0.441 e. The van der Waals surface area contributed by atoms with Crippen LogP contribution in [0.3, 0.4) is 0 Å². The van der Waals surface area contributed by atoms with E-state index < -0.39 is 0 Å². The number of oxazole rings is 1. The van der Waals surface area contributed by atoms with Crippen molar-refractivity contribution in [2.75, 3.05) is 5.32 Å². The molecule has 0 bridgehead atoms. The highest BCUT2D eigenvalue weighted by atomic mass is 16.3. The Balaban J connectivity index is 1.74. The molecule has 0 radical (unpaired) electrons. The van der Waals surface area contributed by atoms with Crippen molar-refractivity contribution in [3.05, 3.63) is 42.0 Å². The third-order valence-corrected chi connectivity index (χ3v) is 3.21. The summed E-state index contributed by atoms with van der Waals surface area (Å²) in [6.45, 7) is 5.71. The smallest absolute Gasteiger partial charge is 0.192 e. The SMILES string of the molecule is CCCn1nccc1CNc1ccc2oc(C)nc2c1. The fourth-order valence-corrected chi connectivity index (χ4v) is 2.27. The summed E-state index contributed by atoms with van der Waals surface area (Å²) in [7, 11) is 0. The van der Waals surface area contributed by atoms with Gasteiger partial charge in [0.25, 0.3) is 0 Å². The molecule has 0 fully saturated rings. The van der Waals surface area contributed by atoms with Crippen LogP contribution in [0, 0.1) is 6.92 Å². The van der Waals surface area contributed by atoms with Crippen molar-refractivity contribution in [1.82, 2.24) is 14.8 Å². The first-order valence-corrected chi connectivity index (χ1v) is 6.88. The number of hydrogen-bond donors (Lipinski definition) is 1. The molecule has 104 valence electrons. The molecule has 0 aliphatic rings. The van der Waals surface area contributed by atoms with Gasteiger partial charge in [0.05, 0.1) is 12.2 Å².